The van der Waals surface area contributed by atoms with Gasteiger partial charge in [-0.25, -0.2) is 4.79 Å². The van der Waals surface area contributed by atoms with E-state index in [0.717, 1.165) is 0 Å². The molecule has 0 aliphatic heterocycles. The smallest absolute Gasteiger partial charge is 0.326 e. The number of nitrogens with one attached hydrogen (secondary N) is 1. The number of aliphatic hydroxyl groups excluding tert-OH is 1. The highest BCUT2D eigenvalue weighted by molar-refractivity contribution is 5.96. The number of carbonyl (C=O) groups excluding carboxylic acids is 1. The minimum atomic E-state index is -1.20. The van der Waals surface area contributed by atoms with Gasteiger partial charge in [-0.3, -0.25) is 4.79 Å². The Morgan fingerprint density at radius 1 is 1.33 bits per heavy atom. The summed E-state index contributed by atoms with van der Waals surface area (Å²) in [5, 5.41) is 28.4. The van der Waals surface area contributed by atoms with Crippen LogP contribution in [0.1, 0.15) is 22.3 Å². The molecule has 1 aromatic rings. The van der Waals surface area contributed by atoms with Gasteiger partial charge in [0.1, 0.15) is 6.04 Å². The molecule has 0 saturated heterocycles. The molecule has 1 atom stereocenters. The molecule has 6 nitrogen and oxygen atoms in total. The van der Waals surface area contributed by atoms with Crippen LogP contribution in [0.2, 0.25) is 0 Å². The summed E-state index contributed by atoms with van der Waals surface area (Å²) in [6.45, 7) is -0.329. The summed E-state index contributed by atoms with van der Waals surface area (Å²) in [7, 11) is 0. The summed E-state index contributed by atoms with van der Waals surface area (Å²) in [6.07, 6.45) is -0.0582. The fourth-order valence-corrected chi connectivity index (χ4v) is 1.32. The first-order valence-electron chi connectivity index (χ1n) is 5.23. The number of carbonyl (C=O) groups is 2. The first kappa shape index (κ1) is 13.7. The highest BCUT2D eigenvalue weighted by Gasteiger charge is 2.19. The minimum absolute atomic E-state index is 0.0582. The van der Waals surface area contributed by atoms with Crippen LogP contribution in [0, 0.1) is 11.3 Å². The van der Waals surface area contributed by atoms with Crippen LogP contribution in [0.3, 0.4) is 0 Å². The molecule has 0 fully saturated rings. The summed E-state index contributed by atoms with van der Waals surface area (Å²) in [6, 6.07) is 6.60. The van der Waals surface area contributed by atoms with Crippen LogP contribution in [0.25, 0.3) is 0 Å². The van der Waals surface area contributed by atoms with Crippen molar-refractivity contribution in [2.45, 2.75) is 12.5 Å². The number of amides is 1. The van der Waals surface area contributed by atoms with Crippen LogP contribution in [0.5, 0.6) is 0 Å². The summed E-state index contributed by atoms with van der Waals surface area (Å²) < 4.78 is 0. The molecule has 3 N–H and O–H groups in total. The van der Waals surface area contributed by atoms with E-state index in [1.54, 1.807) is 0 Å². The number of aliphatic carboxylic acids is 1. The lowest BCUT2D eigenvalue weighted by atomic mass is 10.1. The van der Waals surface area contributed by atoms with Crippen molar-refractivity contribution in [2.75, 3.05) is 6.61 Å². The molecular formula is C12H12N2O4. The number of benzene rings is 1. The van der Waals surface area contributed by atoms with Gasteiger partial charge < -0.3 is 15.5 Å². The predicted octanol–water partition coefficient (Wildman–Crippen LogP) is 0.124. The number of carboxylic acids is 1. The van der Waals surface area contributed by atoms with Crippen molar-refractivity contribution >= 4 is 11.9 Å². The highest BCUT2D eigenvalue weighted by atomic mass is 16.4. The van der Waals surface area contributed by atoms with Crippen LogP contribution in [-0.4, -0.2) is 34.7 Å². The Kier molecular flexibility index (Phi) is 4.84. The maximum atomic E-state index is 11.7. The Bertz CT molecular complexity index is 476. The number of hydrogen-bond donors (Lipinski definition) is 3. The molecule has 0 saturated carbocycles. The van der Waals surface area contributed by atoms with E-state index in [9.17, 15) is 9.59 Å². The number of nitriles is 1. The van der Waals surface area contributed by atoms with Gasteiger partial charge in [0.25, 0.3) is 5.91 Å². The first-order valence-corrected chi connectivity index (χ1v) is 5.23. The lowest BCUT2D eigenvalue weighted by molar-refractivity contribution is -0.139. The Morgan fingerprint density at radius 2 is 1.94 bits per heavy atom. The van der Waals surface area contributed by atoms with E-state index in [1.165, 1.54) is 24.3 Å². The molecular weight excluding hydrogens is 236 g/mol. The number of carboxylic acid groups (broad SMARTS) is 1. The maximum absolute atomic E-state index is 11.7. The molecule has 0 bridgehead atoms. The fourth-order valence-electron chi connectivity index (χ4n) is 1.32. The van der Waals surface area contributed by atoms with Gasteiger partial charge in [0, 0.05) is 18.6 Å². The Hall–Kier alpha value is -2.39. The molecule has 1 rings (SSSR count). The van der Waals surface area contributed by atoms with E-state index in [0.29, 0.717) is 5.56 Å². The van der Waals surface area contributed by atoms with E-state index in [4.69, 9.17) is 15.5 Å². The third kappa shape index (κ3) is 3.57. The van der Waals surface area contributed by atoms with Crippen molar-refractivity contribution in [3.63, 3.8) is 0 Å². The second-order valence-electron chi connectivity index (χ2n) is 3.57. The average molecular weight is 248 g/mol. The number of rotatable bonds is 5. The van der Waals surface area contributed by atoms with Gasteiger partial charge in [0.05, 0.1) is 11.6 Å². The van der Waals surface area contributed by atoms with Crippen molar-refractivity contribution in [1.29, 1.82) is 5.26 Å². The third-order valence-electron chi connectivity index (χ3n) is 2.30. The van der Waals surface area contributed by atoms with Crippen molar-refractivity contribution < 1.29 is 19.8 Å². The fraction of sp³-hybridized carbons (Fsp3) is 0.250. The molecule has 0 spiro atoms. The second kappa shape index (κ2) is 6.37. The van der Waals surface area contributed by atoms with Crippen LogP contribution >= 0.6 is 0 Å². The first-order chi connectivity index (χ1) is 8.58. The average Bonchev–Trinajstić information content (AvgIpc) is 2.38. The van der Waals surface area contributed by atoms with Gasteiger partial charge in [-0.2, -0.15) is 5.26 Å². The van der Waals surface area contributed by atoms with Gasteiger partial charge in [-0.1, -0.05) is 0 Å². The van der Waals surface area contributed by atoms with Crippen LogP contribution in [-0.2, 0) is 4.79 Å². The van der Waals surface area contributed by atoms with Gasteiger partial charge in [0.15, 0.2) is 0 Å². The molecule has 0 radical (unpaired) electrons. The van der Waals surface area contributed by atoms with Crippen molar-refractivity contribution in [3.05, 3.63) is 35.4 Å². The van der Waals surface area contributed by atoms with Crippen LogP contribution in [0.15, 0.2) is 24.3 Å². The Labute approximate surface area is 103 Å². The van der Waals surface area contributed by atoms with E-state index in [1.807, 2.05) is 6.07 Å². The lowest BCUT2D eigenvalue weighted by Gasteiger charge is -2.13. The molecule has 0 aliphatic carbocycles. The summed E-state index contributed by atoms with van der Waals surface area (Å²) in [5.74, 6) is -1.76. The molecule has 0 aromatic heterocycles. The Balaban J connectivity index is 2.74. The highest BCUT2D eigenvalue weighted by Crippen LogP contribution is 2.04. The Morgan fingerprint density at radius 3 is 2.39 bits per heavy atom. The van der Waals surface area contributed by atoms with E-state index < -0.39 is 17.9 Å². The predicted molar refractivity (Wildman–Crippen MR) is 61.7 cm³/mol. The minimum Gasteiger partial charge on any atom is -0.480 e. The second-order valence-corrected chi connectivity index (χ2v) is 3.57. The molecule has 1 amide bonds. The maximum Gasteiger partial charge on any atom is 0.326 e. The summed E-state index contributed by atoms with van der Waals surface area (Å²) in [4.78, 5) is 22.5. The number of nitrogens with zero attached hydrogens (tertiary/aromatic N) is 1. The number of aliphatic hydroxyl groups is 1. The van der Waals surface area contributed by atoms with Gasteiger partial charge >= 0.3 is 5.97 Å². The monoisotopic (exact) mass is 248 g/mol. The largest absolute Gasteiger partial charge is 0.480 e. The van der Waals surface area contributed by atoms with Crippen LogP contribution in [0.4, 0.5) is 0 Å². The molecule has 94 valence electrons. The quantitative estimate of drug-likeness (QED) is 0.685. The molecule has 18 heavy (non-hydrogen) atoms. The van der Waals surface area contributed by atoms with Crippen molar-refractivity contribution in [2.24, 2.45) is 0 Å². The molecule has 1 aromatic carbocycles. The molecule has 1 unspecified atom stereocenters. The standard InChI is InChI=1S/C12H12N2O4/c13-7-8-1-3-9(4-2-8)11(16)14-10(5-6-15)12(17)18/h1-4,10,15H,5-6H2,(H,14,16)(H,17,18). The molecule has 6 heteroatoms. The topological polar surface area (TPSA) is 110 Å². The third-order valence-corrected chi connectivity index (χ3v) is 2.30. The zero-order chi connectivity index (χ0) is 13.5. The van der Waals surface area contributed by atoms with E-state index in [-0.39, 0.29) is 18.6 Å². The number of hydrogen-bond acceptors (Lipinski definition) is 4. The molecule has 0 heterocycles. The zero-order valence-electron chi connectivity index (χ0n) is 9.46. The van der Waals surface area contributed by atoms with Crippen LogP contribution < -0.4 is 5.32 Å². The summed E-state index contributed by atoms with van der Waals surface area (Å²) >= 11 is 0. The van der Waals surface area contributed by atoms with E-state index >= 15 is 0 Å². The van der Waals surface area contributed by atoms with Crippen molar-refractivity contribution in [1.82, 2.24) is 5.32 Å². The van der Waals surface area contributed by atoms with Gasteiger partial charge in [-0.15, -0.1) is 0 Å². The van der Waals surface area contributed by atoms with Gasteiger partial charge in [-0.05, 0) is 24.3 Å². The normalized spacial score (nSPS) is 11.3. The van der Waals surface area contributed by atoms with Gasteiger partial charge in [0.2, 0.25) is 0 Å². The van der Waals surface area contributed by atoms with Crippen molar-refractivity contribution in [3.8, 4) is 6.07 Å². The molecule has 0 aliphatic rings. The zero-order valence-corrected chi connectivity index (χ0v) is 9.46. The lowest BCUT2D eigenvalue weighted by Crippen LogP contribution is -2.41. The SMILES string of the molecule is N#Cc1ccc(C(=O)NC(CCO)C(=O)O)cc1. The van der Waals surface area contributed by atoms with E-state index in [2.05, 4.69) is 5.32 Å². The summed E-state index contributed by atoms with van der Waals surface area (Å²) in [5.41, 5.74) is 0.676.